The van der Waals surface area contributed by atoms with Crippen molar-refractivity contribution in [1.82, 2.24) is 0 Å². The highest BCUT2D eigenvalue weighted by Crippen LogP contribution is 2.42. The first-order valence-corrected chi connectivity index (χ1v) is 21.5. The maximum atomic E-state index is 2.40. The van der Waals surface area contributed by atoms with E-state index in [0.717, 1.165) is 47.3 Å². The lowest BCUT2D eigenvalue weighted by molar-refractivity contribution is 0.154. The zero-order chi connectivity index (χ0) is 40.8. The molecule has 0 aliphatic heterocycles. The van der Waals surface area contributed by atoms with E-state index < -0.39 is 0 Å². The van der Waals surface area contributed by atoms with Gasteiger partial charge >= 0.3 is 0 Å². The molecule has 2 atom stereocenters. The third kappa shape index (κ3) is 37.6. The van der Waals surface area contributed by atoms with Gasteiger partial charge in [0.2, 0.25) is 0 Å². The summed E-state index contributed by atoms with van der Waals surface area (Å²) in [6.07, 6.45) is 11.5. The van der Waals surface area contributed by atoms with E-state index in [4.69, 9.17) is 0 Å². The molecule has 2 saturated carbocycles. The Balaban J connectivity index is -0.000000155. The van der Waals surface area contributed by atoms with Gasteiger partial charge in [0.05, 0.1) is 0 Å². The summed E-state index contributed by atoms with van der Waals surface area (Å²) in [6.45, 7) is 63.8. The molecule has 0 aromatic carbocycles. The van der Waals surface area contributed by atoms with Crippen molar-refractivity contribution in [3.8, 4) is 0 Å². The van der Waals surface area contributed by atoms with Crippen LogP contribution < -0.4 is 0 Å². The fourth-order valence-electron chi connectivity index (χ4n) is 3.17. The zero-order valence-corrected chi connectivity index (χ0v) is 40.8. The topological polar surface area (TPSA) is 0 Å². The highest BCUT2D eigenvalue weighted by atomic mass is 14.4. The minimum Gasteiger partial charge on any atom is -0.0651 e. The molecular formula is C49H108. The van der Waals surface area contributed by atoms with Crippen LogP contribution in [0.1, 0.15) is 245 Å². The molecule has 49 heavy (non-hydrogen) atoms. The smallest absolute Gasteiger partial charge is 0.0329 e. The van der Waals surface area contributed by atoms with Crippen LogP contribution in [0, 0.1) is 74.4 Å². The minimum atomic E-state index is 0.437. The summed E-state index contributed by atoms with van der Waals surface area (Å²) in [5.74, 6) is 7.00. The molecule has 0 radical (unpaired) electrons. The normalized spacial score (nSPS) is 20.0. The van der Waals surface area contributed by atoms with E-state index in [1.54, 1.807) is 0 Å². The van der Waals surface area contributed by atoms with E-state index in [0.29, 0.717) is 27.1 Å². The maximum Gasteiger partial charge on any atom is -0.0329 e. The summed E-state index contributed by atoms with van der Waals surface area (Å²) < 4.78 is 0. The largest absolute Gasteiger partial charge is 0.0651 e. The van der Waals surface area contributed by atoms with E-state index in [-0.39, 0.29) is 0 Å². The van der Waals surface area contributed by atoms with E-state index in [1.165, 1.54) is 51.4 Å². The highest BCUT2D eigenvalue weighted by Gasteiger charge is 2.30. The Morgan fingerprint density at radius 3 is 0.776 bits per heavy atom. The molecule has 0 amide bonds. The molecule has 0 heteroatoms. The van der Waals surface area contributed by atoms with Crippen molar-refractivity contribution in [3.05, 3.63) is 0 Å². The van der Waals surface area contributed by atoms with Gasteiger partial charge in [-0.25, -0.2) is 0 Å². The first kappa shape index (κ1) is 58.3. The van der Waals surface area contributed by atoms with Gasteiger partial charge in [-0.05, 0) is 87.3 Å². The van der Waals surface area contributed by atoms with Crippen molar-refractivity contribution < 1.29 is 0 Å². The van der Waals surface area contributed by atoms with Crippen LogP contribution in [0.4, 0.5) is 0 Å². The number of hydrogen-bond acceptors (Lipinski definition) is 0. The van der Waals surface area contributed by atoms with Crippen molar-refractivity contribution in [2.75, 3.05) is 0 Å². The second kappa shape index (κ2) is 27.6. The first-order chi connectivity index (χ1) is 21.5. The third-order valence-electron chi connectivity index (χ3n) is 13.3. The second-order valence-corrected chi connectivity index (χ2v) is 22.7. The quantitative estimate of drug-likeness (QED) is 0.275. The molecule has 0 N–H and O–H groups in total. The zero-order valence-electron chi connectivity index (χ0n) is 40.8. The lowest BCUT2D eigenvalue weighted by Crippen LogP contribution is -2.25. The van der Waals surface area contributed by atoms with Gasteiger partial charge in [-0.1, -0.05) is 232 Å². The van der Waals surface area contributed by atoms with E-state index >= 15 is 0 Å². The predicted octanol–water partition coefficient (Wildman–Crippen LogP) is 18.5. The van der Waals surface area contributed by atoms with Gasteiger partial charge in [-0.15, -0.1) is 0 Å². The van der Waals surface area contributed by atoms with Gasteiger partial charge in [0.15, 0.2) is 0 Å². The standard InChI is InChI=1S/C9H18.C8H16.C8H18.C7H16.2C6H14.C5H12/c1-8-6-4-5-7-9(8,2)3;1-7-5-4-6-8(7,2)3;1-7(2,3)8(4,5)6;1-6(2)7(3,4)5;2*1-5(2)6(3)4;1-4-5(2)3/h8H,4-7H2,1-3H3;7H,4-6H2,1-3H3;1-6H3;6H,1-5H3;2*5-6H,1-4H3;5H,4H2,1-3H3. The Bertz CT molecular complexity index is 650. The molecule has 0 aromatic rings. The van der Waals surface area contributed by atoms with Crippen molar-refractivity contribution >= 4 is 0 Å². The Morgan fingerprint density at radius 2 is 0.694 bits per heavy atom. The average molecular weight is 697 g/mol. The van der Waals surface area contributed by atoms with Crippen molar-refractivity contribution in [2.24, 2.45) is 74.4 Å². The van der Waals surface area contributed by atoms with Crippen LogP contribution in [-0.4, -0.2) is 0 Å². The molecule has 2 fully saturated rings. The highest BCUT2D eigenvalue weighted by molar-refractivity contribution is 4.81. The molecule has 0 nitrogen and oxygen atoms in total. The molecule has 0 bridgehead atoms. The van der Waals surface area contributed by atoms with Gasteiger partial charge < -0.3 is 0 Å². The number of hydrogen-bond donors (Lipinski definition) is 0. The fraction of sp³-hybridized carbons (Fsp3) is 1.00. The molecule has 0 saturated heterocycles. The van der Waals surface area contributed by atoms with Crippen LogP contribution in [0.2, 0.25) is 0 Å². The molecule has 0 heterocycles. The molecule has 2 aliphatic carbocycles. The van der Waals surface area contributed by atoms with Crippen molar-refractivity contribution in [1.29, 1.82) is 0 Å². The predicted molar refractivity (Wildman–Crippen MR) is 236 cm³/mol. The van der Waals surface area contributed by atoms with Crippen LogP contribution in [0.5, 0.6) is 0 Å². The van der Waals surface area contributed by atoms with E-state index in [9.17, 15) is 0 Å². The van der Waals surface area contributed by atoms with Crippen LogP contribution in [0.15, 0.2) is 0 Å². The SMILES string of the molecule is CC(C)(C)C(C)(C)C.CC(C)C(C)(C)C.CC(C)C(C)C.CC(C)C(C)C.CC1CCCC1(C)C.CC1CCCCC1(C)C.CCC(C)C. The Hall–Kier alpha value is 0. The fourth-order valence-corrected chi connectivity index (χ4v) is 3.17. The monoisotopic (exact) mass is 697 g/mol. The molecule has 304 valence electrons. The van der Waals surface area contributed by atoms with Crippen molar-refractivity contribution in [3.63, 3.8) is 0 Å². The van der Waals surface area contributed by atoms with Crippen molar-refractivity contribution in [2.45, 2.75) is 245 Å². The van der Waals surface area contributed by atoms with Gasteiger partial charge in [-0.3, -0.25) is 0 Å². The summed E-state index contributed by atoms with van der Waals surface area (Å²) in [7, 11) is 0. The number of rotatable bonds is 3. The molecule has 2 unspecified atom stereocenters. The van der Waals surface area contributed by atoms with Gasteiger partial charge in [0.25, 0.3) is 0 Å². The first-order valence-electron chi connectivity index (χ1n) is 21.5. The minimum absolute atomic E-state index is 0.437. The van der Waals surface area contributed by atoms with Crippen LogP contribution in [0.25, 0.3) is 0 Å². The van der Waals surface area contributed by atoms with Gasteiger partial charge in [-0.2, -0.15) is 0 Å². The lowest BCUT2D eigenvalue weighted by Gasteiger charge is -2.36. The van der Waals surface area contributed by atoms with Crippen LogP contribution >= 0.6 is 0 Å². The van der Waals surface area contributed by atoms with Gasteiger partial charge in [0, 0.05) is 0 Å². The summed E-state index contributed by atoms with van der Waals surface area (Å²) >= 11 is 0. The molecule has 2 rings (SSSR count). The lowest BCUT2D eigenvalue weighted by atomic mass is 9.70. The van der Waals surface area contributed by atoms with E-state index in [2.05, 4.69) is 194 Å². The summed E-state index contributed by atoms with van der Waals surface area (Å²) in [6, 6.07) is 0. The molecule has 0 aromatic heterocycles. The van der Waals surface area contributed by atoms with Crippen LogP contribution in [-0.2, 0) is 0 Å². The van der Waals surface area contributed by atoms with Gasteiger partial charge in [0.1, 0.15) is 0 Å². The Morgan fingerprint density at radius 1 is 0.469 bits per heavy atom. The summed E-state index contributed by atoms with van der Waals surface area (Å²) in [5.41, 5.74) is 2.66. The Kier molecular flexibility index (Phi) is 32.8. The molecule has 0 spiro atoms. The summed E-state index contributed by atoms with van der Waals surface area (Å²) in [5, 5.41) is 0. The average Bonchev–Trinajstić information content (AvgIpc) is 3.21. The van der Waals surface area contributed by atoms with Crippen LogP contribution in [0.3, 0.4) is 0 Å². The van der Waals surface area contributed by atoms with E-state index in [1.807, 2.05) is 0 Å². The third-order valence-corrected chi connectivity index (χ3v) is 13.3. The molecule has 2 aliphatic rings. The maximum absolute atomic E-state index is 2.40. The summed E-state index contributed by atoms with van der Waals surface area (Å²) in [4.78, 5) is 0. The second-order valence-electron chi connectivity index (χ2n) is 22.7. The molecular weight excluding hydrogens is 589 g/mol. The Labute approximate surface area is 318 Å².